The predicted octanol–water partition coefficient (Wildman–Crippen LogP) is 4.46. The average Bonchev–Trinajstić information content (AvgIpc) is 2.45. The molecule has 2 aromatic carbocycles. The van der Waals surface area contributed by atoms with Crippen molar-refractivity contribution in [1.82, 2.24) is 0 Å². The minimum Gasteiger partial charge on any atom is -0.294 e. The lowest BCUT2D eigenvalue weighted by Crippen LogP contribution is -1.98. The Morgan fingerprint density at radius 3 is 2.47 bits per heavy atom. The highest BCUT2D eigenvalue weighted by atomic mass is 19.1. The molecule has 0 N–H and O–H groups in total. The van der Waals surface area contributed by atoms with Crippen LogP contribution in [0.1, 0.15) is 29.3 Å². The van der Waals surface area contributed by atoms with Crippen LogP contribution in [0.2, 0.25) is 0 Å². The lowest BCUT2D eigenvalue weighted by atomic mass is 9.94. The molecule has 0 saturated heterocycles. The Labute approximate surface area is 113 Å². The lowest BCUT2D eigenvalue weighted by Gasteiger charge is -2.10. The summed E-state index contributed by atoms with van der Waals surface area (Å²) in [5.74, 6) is 0.0518. The van der Waals surface area contributed by atoms with E-state index >= 15 is 0 Å². The monoisotopic (exact) mass is 256 g/mol. The molecular formula is C17H17FO. The van der Waals surface area contributed by atoms with Gasteiger partial charge in [-0.1, -0.05) is 48.5 Å². The summed E-state index contributed by atoms with van der Waals surface area (Å²) in [5, 5.41) is 0. The van der Waals surface area contributed by atoms with Crippen molar-refractivity contribution in [2.45, 2.75) is 19.8 Å². The quantitative estimate of drug-likeness (QED) is 0.722. The summed E-state index contributed by atoms with van der Waals surface area (Å²) in [7, 11) is 0. The molecule has 1 nitrogen and oxygen atoms in total. The van der Waals surface area contributed by atoms with Gasteiger partial charge in [0.1, 0.15) is 0 Å². The second-order valence-electron chi connectivity index (χ2n) is 4.59. The van der Waals surface area contributed by atoms with Gasteiger partial charge in [0.15, 0.2) is 5.78 Å². The number of rotatable bonds is 5. The standard InChI is InChI=1S/C17H17FO/c1-13(19)16-10-9-14(6-5-11-18)12-17(16)15-7-3-2-4-8-15/h2-4,7-10,12H,5-6,11H2,1H3. The zero-order valence-electron chi connectivity index (χ0n) is 11.0. The van der Waals surface area contributed by atoms with Gasteiger partial charge in [-0.3, -0.25) is 9.18 Å². The second-order valence-corrected chi connectivity index (χ2v) is 4.59. The van der Waals surface area contributed by atoms with Crippen molar-refractivity contribution in [3.63, 3.8) is 0 Å². The fourth-order valence-corrected chi connectivity index (χ4v) is 2.18. The molecule has 0 fully saturated rings. The normalized spacial score (nSPS) is 10.4. The molecule has 2 rings (SSSR count). The largest absolute Gasteiger partial charge is 0.294 e. The molecule has 0 amide bonds. The molecule has 0 saturated carbocycles. The molecule has 0 aromatic heterocycles. The average molecular weight is 256 g/mol. The highest BCUT2D eigenvalue weighted by Gasteiger charge is 2.09. The first kappa shape index (κ1) is 13.5. The Kier molecular flexibility index (Phi) is 4.45. The third-order valence-electron chi connectivity index (χ3n) is 3.15. The van der Waals surface area contributed by atoms with E-state index in [0.717, 1.165) is 22.3 Å². The second kappa shape index (κ2) is 6.28. The van der Waals surface area contributed by atoms with Gasteiger partial charge in [-0.25, -0.2) is 0 Å². The minimum absolute atomic E-state index is 0.0518. The van der Waals surface area contributed by atoms with Crippen molar-refractivity contribution >= 4 is 5.78 Å². The number of hydrogen-bond donors (Lipinski definition) is 0. The SMILES string of the molecule is CC(=O)c1ccc(CCCF)cc1-c1ccccc1. The molecule has 2 heteroatoms. The van der Waals surface area contributed by atoms with Crippen LogP contribution < -0.4 is 0 Å². The van der Waals surface area contributed by atoms with Gasteiger partial charge in [0.2, 0.25) is 0 Å². The first-order valence-corrected chi connectivity index (χ1v) is 6.47. The molecule has 0 bridgehead atoms. The van der Waals surface area contributed by atoms with Crippen molar-refractivity contribution in [3.8, 4) is 11.1 Å². The topological polar surface area (TPSA) is 17.1 Å². The third-order valence-corrected chi connectivity index (χ3v) is 3.15. The van der Waals surface area contributed by atoms with E-state index in [9.17, 15) is 9.18 Å². The van der Waals surface area contributed by atoms with E-state index in [-0.39, 0.29) is 12.5 Å². The van der Waals surface area contributed by atoms with Crippen LogP contribution in [-0.4, -0.2) is 12.5 Å². The summed E-state index contributed by atoms with van der Waals surface area (Å²) >= 11 is 0. The molecule has 0 unspecified atom stereocenters. The molecule has 0 spiro atoms. The zero-order valence-corrected chi connectivity index (χ0v) is 11.0. The van der Waals surface area contributed by atoms with Gasteiger partial charge in [-0.05, 0) is 36.5 Å². The molecule has 0 heterocycles. The van der Waals surface area contributed by atoms with Gasteiger partial charge in [-0.2, -0.15) is 0 Å². The van der Waals surface area contributed by atoms with Crippen molar-refractivity contribution in [1.29, 1.82) is 0 Å². The fraction of sp³-hybridized carbons (Fsp3) is 0.235. The Hall–Kier alpha value is -1.96. The Morgan fingerprint density at radius 1 is 1.11 bits per heavy atom. The Bertz CT molecular complexity index is 561. The molecular weight excluding hydrogens is 239 g/mol. The highest BCUT2D eigenvalue weighted by Crippen LogP contribution is 2.26. The van der Waals surface area contributed by atoms with E-state index in [4.69, 9.17) is 0 Å². The van der Waals surface area contributed by atoms with Gasteiger partial charge in [0.25, 0.3) is 0 Å². The summed E-state index contributed by atoms with van der Waals surface area (Å²) in [5.41, 5.74) is 3.75. The molecule has 0 aliphatic heterocycles. The first-order chi connectivity index (χ1) is 9.22. The number of Topliss-reactive ketones (excluding diaryl/α,β-unsaturated/α-hetero) is 1. The number of hydrogen-bond acceptors (Lipinski definition) is 1. The summed E-state index contributed by atoms with van der Waals surface area (Å²) in [4.78, 5) is 11.7. The summed E-state index contributed by atoms with van der Waals surface area (Å²) in [6.07, 6.45) is 1.22. The van der Waals surface area contributed by atoms with E-state index in [1.165, 1.54) is 0 Å². The van der Waals surface area contributed by atoms with Crippen LogP contribution in [0.15, 0.2) is 48.5 Å². The van der Waals surface area contributed by atoms with E-state index in [1.807, 2.05) is 48.5 Å². The van der Waals surface area contributed by atoms with Crippen LogP contribution >= 0.6 is 0 Å². The molecule has 0 radical (unpaired) electrons. The number of benzene rings is 2. The molecule has 2 aromatic rings. The molecule has 0 aliphatic carbocycles. The number of carbonyl (C=O) groups is 1. The van der Waals surface area contributed by atoms with E-state index in [0.29, 0.717) is 12.8 Å². The van der Waals surface area contributed by atoms with E-state index in [2.05, 4.69) is 0 Å². The van der Waals surface area contributed by atoms with Crippen LogP contribution in [0, 0.1) is 0 Å². The maximum absolute atomic E-state index is 12.3. The maximum Gasteiger partial charge on any atom is 0.160 e. The number of ketones is 1. The van der Waals surface area contributed by atoms with Crippen LogP contribution in [0.4, 0.5) is 4.39 Å². The maximum atomic E-state index is 12.3. The number of halogens is 1. The van der Waals surface area contributed by atoms with Gasteiger partial charge >= 0.3 is 0 Å². The molecule has 98 valence electrons. The third kappa shape index (κ3) is 3.28. The Balaban J connectivity index is 2.45. The van der Waals surface area contributed by atoms with Gasteiger partial charge in [-0.15, -0.1) is 0 Å². The number of alkyl halides is 1. The van der Waals surface area contributed by atoms with Crippen LogP contribution in [-0.2, 0) is 6.42 Å². The van der Waals surface area contributed by atoms with Gasteiger partial charge in [0.05, 0.1) is 6.67 Å². The lowest BCUT2D eigenvalue weighted by molar-refractivity contribution is 0.101. The fourth-order valence-electron chi connectivity index (χ4n) is 2.18. The minimum atomic E-state index is -0.310. The van der Waals surface area contributed by atoms with Crippen molar-refractivity contribution in [3.05, 3.63) is 59.7 Å². The summed E-state index contributed by atoms with van der Waals surface area (Å²) in [6.45, 7) is 1.26. The first-order valence-electron chi connectivity index (χ1n) is 6.47. The smallest absolute Gasteiger partial charge is 0.160 e. The molecule has 19 heavy (non-hydrogen) atoms. The van der Waals surface area contributed by atoms with Crippen LogP contribution in [0.25, 0.3) is 11.1 Å². The highest BCUT2D eigenvalue weighted by molar-refractivity contribution is 6.00. The summed E-state index contributed by atoms with van der Waals surface area (Å²) < 4.78 is 12.3. The van der Waals surface area contributed by atoms with E-state index in [1.54, 1.807) is 6.92 Å². The predicted molar refractivity (Wildman–Crippen MR) is 76.2 cm³/mol. The Morgan fingerprint density at radius 2 is 1.84 bits per heavy atom. The van der Waals surface area contributed by atoms with Gasteiger partial charge in [0, 0.05) is 5.56 Å². The number of carbonyl (C=O) groups excluding carboxylic acids is 1. The molecule has 0 aliphatic rings. The zero-order chi connectivity index (χ0) is 13.7. The van der Waals surface area contributed by atoms with Crippen LogP contribution in [0.3, 0.4) is 0 Å². The van der Waals surface area contributed by atoms with E-state index < -0.39 is 0 Å². The summed E-state index contributed by atoms with van der Waals surface area (Å²) in [6, 6.07) is 15.6. The van der Waals surface area contributed by atoms with Crippen molar-refractivity contribution in [2.24, 2.45) is 0 Å². The van der Waals surface area contributed by atoms with Gasteiger partial charge < -0.3 is 0 Å². The number of aryl methyl sites for hydroxylation is 1. The van der Waals surface area contributed by atoms with Crippen molar-refractivity contribution in [2.75, 3.05) is 6.67 Å². The van der Waals surface area contributed by atoms with Crippen LogP contribution in [0.5, 0.6) is 0 Å². The van der Waals surface area contributed by atoms with Crippen molar-refractivity contribution < 1.29 is 9.18 Å². The molecule has 0 atom stereocenters.